The number of piperidine rings is 1. The molecule has 1 fully saturated rings. The van der Waals surface area contributed by atoms with Crippen molar-refractivity contribution >= 4 is 16.0 Å². The molecule has 2 aromatic heterocycles. The monoisotopic (exact) mass is 323 g/mol. The zero-order valence-corrected chi connectivity index (χ0v) is 12.8. The molecule has 0 saturated carbocycles. The molecule has 3 heterocycles. The van der Waals surface area contributed by atoms with Crippen LogP contribution in [0.15, 0.2) is 34.1 Å². The molecular formula is C13H17N5O3S. The largest absolute Gasteiger partial charge is 0.363 e. The molecule has 0 bridgehead atoms. The Hall–Kier alpha value is -2.00. The lowest BCUT2D eigenvalue weighted by atomic mass is 10.1. The van der Waals surface area contributed by atoms with Gasteiger partial charge in [-0.25, -0.2) is 23.1 Å². The van der Waals surface area contributed by atoms with Gasteiger partial charge in [-0.15, -0.1) is 0 Å². The lowest BCUT2D eigenvalue weighted by Crippen LogP contribution is -2.31. The van der Waals surface area contributed by atoms with E-state index in [1.807, 2.05) is 0 Å². The number of sulfonamides is 1. The van der Waals surface area contributed by atoms with Gasteiger partial charge < -0.3 is 9.42 Å². The molecule has 0 atom stereocenters. The second-order valence-electron chi connectivity index (χ2n) is 5.08. The summed E-state index contributed by atoms with van der Waals surface area (Å²) in [6, 6.07) is 1.70. The molecule has 2 aromatic rings. The summed E-state index contributed by atoms with van der Waals surface area (Å²) in [5.41, 5.74) is 0.621. The molecule has 118 valence electrons. The summed E-state index contributed by atoms with van der Waals surface area (Å²) >= 11 is 0. The number of rotatable bonds is 5. The van der Waals surface area contributed by atoms with E-state index in [9.17, 15) is 8.42 Å². The molecule has 8 nitrogen and oxygen atoms in total. The third kappa shape index (κ3) is 3.42. The van der Waals surface area contributed by atoms with Crippen molar-refractivity contribution in [2.75, 3.05) is 18.0 Å². The van der Waals surface area contributed by atoms with Crippen LogP contribution in [-0.2, 0) is 16.6 Å². The van der Waals surface area contributed by atoms with Crippen LogP contribution in [0.3, 0.4) is 0 Å². The maximum atomic E-state index is 12.0. The number of hydrogen-bond acceptors (Lipinski definition) is 7. The van der Waals surface area contributed by atoms with E-state index in [0.29, 0.717) is 11.6 Å². The van der Waals surface area contributed by atoms with Gasteiger partial charge in [-0.3, -0.25) is 0 Å². The van der Waals surface area contributed by atoms with Crippen LogP contribution in [0.2, 0.25) is 0 Å². The SMILES string of the molecule is O=S(=O)(NCc1ccnc(N2CCCCC2)n1)c1cnoc1. The summed E-state index contributed by atoms with van der Waals surface area (Å²) < 4.78 is 31.0. The molecule has 0 aliphatic carbocycles. The quantitative estimate of drug-likeness (QED) is 0.873. The van der Waals surface area contributed by atoms with Gasteiger partial charge >= 0.3 is 0 Å². The zero-order chi connectivity index (χ0) is 15.4. The standard InChI is InChI=1S/C13H17N5O3S/c19-22(20,12-9-15-21-10-12)16-8-11-4-5-14-13(17-11)18-6-2-1-3-7-18/h4-5,9-10,16H,1-3,6-8H2. The fraction of sp³-hybridized carbons (Fsp3) is 0.462. The number of hydrogen-bond donors (Lipinski definition) is 1. The Kier molecular flexibility index (Phi) is 4.34. The minimum absolute atomic E-state index is 0.00203. The number of anilines is 1. The Labute approximate surface area is 128 Å². The van der Waals surface area contributed by atoms with Gasteiger partial charge in [0.05, 0.1) is 18.4 Å². The van der Waals surface area contributed by atoms with E-state index in [1.165, 1.54) is 6.42 Å². The second-order valence-corrected chi connectivity index (χ2v) is 6.85. The minimum Gasteiger partial charge on any atom is -0.363 e. The highest BCUT2D eigenvalue weighted by Gasteiger charge is 2.17. The summed E-state index contributed by atoms with van der Waals surface area (Å²) in [6.45, 7) is 1.97. The first kappa shape index (κ1) is 14.9. The fourth-order valence-electron chi connectivity index (χ4n) is 2.31. The predicted octanol–water partition coefficient (Wildman–Crippen LogP) is 0.933. The van der Waals surface area contributed by atoms with Crippen LogP contribution in [0.5, 0.6) is 0 Å². The Morgan fingerprint density at radius 1 is 1.27 bits per heavy atom. The molecule has 22 heavy (non-hydrogen) atoms. The van der Waals surface area contributed by atoms with Crippen molar-refractivity contribution in [1.82, 2.24) is 19.8 Å². The van der Waals surface area contributed by atoms with Crippen LogP contribution in [0.1, 0.15) is 25.0 Å². The third-order valence-corrected chi connectivity index (χ3v) is 4.85. The predicted molar refractivity (Wildman–Crippen MR) is 78.6 cm³/mol. The summed E-state index contributed by atoms with van der Waals surface area (Å²) in [4.78, 5) is 10.8. The van der Waals surface area contributed by atoms with E-state index in [0.717, 1.165) is 38.4 Å². The highest BCUT2D eigenvalue weighted by Crippen LogP contribution is 2.15. The first-order valence-electron chi connectivity index (χ1n) is 7.11. The smallest absolute Gasteiger partial charge is 0.245 e. The van der Waals surface area contributed by atoms with Crippen molar-refractivity contribution < 1.29 is 12.9 Å². The molecule has 9 heteroatoms. The van der Waals surface area contributed by atoms with Gasteiger partial charge in [0.25, 0.3) is 0 Å². The molecule has 1 saturated heterocycles. The van der Waals surface area contributed by atoms with E-state index in [2.05, 4.69) is 29.3 Å². The summed E-state index contributed by atoms with van der Waals surface area (Å²) in [5.74, 6) is 0.654. The Morgan fingerprint density at radius 2 is 2.09 bits per heavy atom. The van der Waals surface area contributed by atoms with Gasteiger partial charge in [0.15, 0.2) is 0 Å². The third-order valence-electron chi connectivity index (χ3n) is 3.50. The van der Waals surface area contributed by atoms with Gasteiger partial charge in [-0.05, 0) is 25.3 Å². The average molecular weight is 323 g/mol. The van der Waals surface area contributed by atoms with Gasteiger partial charge in [0.2, 0.25) is 16.0 Å². The molecule has 1 aliphatic heterocycles. The normalized spacial score (nSPS) is 15.9. The minimum atomic E-state index is -3.63. The van der Waals surface area contributed by atoms with Crippen molar-refractivity contribution in [2.24, 2.45) is 0 Å². The summed E-state index contributed by atoms with van der Waals surface area (Å²) in [5, 5.41) is 3.39. The number of nitrogens with one attached hydrogen (secondary N) is 1. The van der Waals surface area contributed by atoms with Crippen molar-refractivity contribution in [3.05, 3.63) is 30.4 Å². The Balaban J connectivity index is 1.68. The molecule has 0 radical (unpaired) electrons. The average Bonchev–Trinajstić information content (AvgIpc) is 3.10. The molecule has 1 aliphatic rings. The van der Waals surface area contributed by atoms with Crippen LogP contribution in [-0.4, -0.2) is 36.6 Å². The van der Waals surface area contributed by atoms with Crippen LogP contribution < -0.4 is 9.62 Å². The molecule has 1 N–H and O–H groups in total. The first-order valence-corrected chi connectivity index (χ1v) is 8.59. The van der Waals surface area contributed by atoms with Crippen molar-refractivity contribution in [3.63, 3.8) is 0 Å². The molecule has 0 unspecified atom stereocenters. The topological polar surface area (TPSA) is 101 Å². The van der Waals surface area contributed by atoms with E-state index in [-0.39, 0.29) is 11.4 Å². The van der Waals surface area contributed by atoms with Gasteiger partial charge in [-0.2, -0.15) is 0 Å². The zero-order valence-electron chi connectivity index (χ0n) is 12.0. The van der Waals surface area contributed by atoms with Gasteiger partial charge in [-0.1, -0.05) is 5.16 Å². The lowest BCUT2D eigenvalue weighted by Gasteiger charge is -2.26. The highest BCUT2D eigenvalue weighted by atomic mass is 32.2. The van der Waals surface area contributed by atoms with Crippen molar-refractivity contribution in [2.45, 2.75) is 30.7 Å². The van der Waals surface area contributed by atoms with Crippen LogP contribution in [0.25, 0.3) is 0 Å². The summed E-state index contributed by atoms with van der Waals surface area (Å²) in [7, 11) is -3.63. The van der Waals surface area contributed by atoms with Crippen molar-refractivity contribution in [1.29, 1.82) is 0 Å². The molecule has 0 amide bonds. The molecule has 0 aromatic carbocycles. The van der Waals surface area contributed by atoms with Crippen molar-refractivity contribution in [3.8, 4) is 0 Å². The number of nitrogens with zero attached hydrogens (tertiary/aromatic N) is 4. The molecular weight excluding hydrogens is 306 g/mol. The molecule has 0 spiro atoms. The second kappa shape index (κ2) is 6.41. The van der Waals surface area contributed by atoms with E-state index in [1.54, 1.807) is 12.3 Å². The van der Waals surface area contributed by atoms with Crippen LogP contribution >= 0.6 is 0 Å². The lowest BCUT2D eigenvalue weighted by molar-refractivity contribution is 0.417. The number of aromatic nitrogens is 3. The molecule has 3 rings (SSSR count). The summed E-state index contributed by atoms with van der Waals surface area (Å²) in [6.07, 6.45) is 7.39. The van der Waals surface area contributed by atoms with Crippen LogP contribution in [0.4, 0.5) is 5.95 Å². The first-order chi connectivity index (χ1) is 10.6. The van der Waals surface area contributed by atoms with Gasteiger partial charge in [0.1, 0.15) is 11.2 Å². The van der Waals surface area contributed by atoms with E-state index >= 15 is 0 Å². The Bertz CT molecular complexity index is 711. The van der Waals surface area contributed by atoms with Gasteiger partial charge in [0, 0.05) is 19.3 Å². The highest BCUT2D eigenvalue weighted by molar-refractivity contribution is 7.89. The maximum absolute atomic E-state index is 12.0. The van der Waals surface area contributed by atoms with E-state index < -0.39 is 10.0 Å². The van der Waals surface area contributed by atoms with Crippen LogP contribution in [0, 0.1) is 0 Å². The van der Waals surface area contributed by atoms with E-state index in [4.69, 9.17) is 0 Å². The fourth-order valence-corrected chi connectivity index (χ4v) is 3.17. The Morgan fingerprint density at radius 3 is 2.82 bits per heavy atom. The maximum Gasteiger partial charge on any atom is 0.245 e.